The Morgan fingerprint density at radius 3 is 2.70 bits per heavy atom. The van der Waals surface area contributed by atoms with Gasteiger partial charge in [0, 0.05) is 31.0 Å². The van der Waals surface area contributed by atoms with Gasteiger partial charge in [0.05, 0.1) is 11.4 Å². The lowest BCUT2D eigenvalue weighted by atomic mass is 9.98. The molecule has 1 aromatic carbocycles. The van der Waals surface area contributed by atoms with Crippen molar-refractivity contribution < 1.29 is 9.50 Å². The van der Waals surface area contributed by atoms with Crippen LogP contribution in [0.5, 0.6) is 0 Å². The lowest BCUT2D eigenvalue weighted by Crippen LogP contribution is -2.36. The monoisotopic (exact) mass is 317 g/mol. The maximum absolute atomic E-state index is 13.1. The highest BCUT2D eigenvalue weighted by Gasteiger charge is 2.22. The van der Waals surface area contributed by atoms with Gasteiger partial charge < -0.3 is 5.11 Å². The summed E-state index contributed by atoms with van der Waals surface area (Å²) in [4.78, 5) is 2.40. The zero-order valence-corrected chi connectivity index (χ0v) is 13.8. The van der Waals surface area contributed by atoms with Crippen LogP contribution in [-0.2, 0) is 6.54 Å². The van der Waals surface area contributed by atoms with E-state index in [1.54, 1.807) is 12.1 Å². The summed E-state index contributed by atoms with van der Waals surface area (Å²) in [5.74, 6) is 0.148. The van der Waals surface area contributed by atoms with Crippen LogP contribution in [0.2, 0.25) is 0 Å². The number of likely N-dealkylation sites (tertiary alicyclic amines) is 1. The van der Waals surface area contributed by atoms with Gasteiger partial charge >= 0.3 is 0 Å². The number of benzene rings is 1. The highest BCUT2D eigenvalue weighted by molar-refractivity contribution is 5.37. The van der Waals surface area contributed by atoms with Gasteiger partial charge in [0.15, 0.2) is 0 Å². The van der Waals surface area contributed by atoms with Crippen molar-refractivity contribution in [1.82, 2.24) is 14.7 Å². The second-order valence-corrected chi connectivity index (χ2v) is 6.46. The lowest BCUT2D eigenvalue weighted by molar-refractivity contribution is 0.115. The van der Waals surface area contributed by atoms with Crippen molar-refractivity contribution in [3.63, 3.8) is 0 Å². The van der Waals surface area contributed by atoms with E-state index in [0.29, 0.717) is 5.92 Å². The second kappa shape index (κ2) is 6.81. The summed E-state index contributed by atoms with van der Waals surface area (Å²) < 4.78 is 15.0. The third kappa shape index (κ3) is 3.46. The summed E-state index contributed by atoms with van der Waals surface area (Å²) in [6.45, 7) is 7.22. The topological polar surface area (TPSA) is 41.3 Å². The molecule has 0 bridgehead atoms. The van der Waals surface area contributed by atoms with Crippen LogP contribution in [0.25, 0.3) is 5.69 Å². The molecule has 0 saturated carbocycles. The molecule has 0 amide bonds. The molecule has 1 aliphatic rings. The number of halogens is 1. The van der Waals surface area contributed by atoms with Gasteiger partial charge in [-0.2, -0.15) is 5.10 Å². The molecule has 3 rings (SSSR count). The molecule has 1 aliphatic heterocycles. The van der Waals surface area contributed by atoms with Gasteiger partial charge in [-0.1, -0.05) is 0 Å². The molecular weight excluding hydrogens is 293 g/mol. The van der Waals surface area contributed by atoms with Crippen LogP contribution < -0.4 is 0 Å². The molecule has 4 nitrogen and oxygen atoms in total. The molecule has 124 valence electrons. The number of hydrogen-bond acceptors (Lipinski definition) is 3. The molecule has 0 spiro atoms. The van der Waals surface area contributed by atoms with Gasteiger partial charge in [0.25, 0.3) is 0 Å². The molecule has 0 aliphatic carbocycles. The first-order valence-electron chi connectivity index (χ1n) is 8.22. The van der Waals surface area contributed by atoms with Crippen LogP contribution >= 0.6 is 0 Å². The fourth-order valence-corrected chi connectivity index (χ4v) is 3.41. The Morgan fingerprint density at radius 1 is 1.26 bits per heavy atom. The van der Waals surface area contributed by atoms with E-state index in [-0.39, 0.29) is 12.4 Å². The molecule has 1 fully saturated rings. The van der Waals surface area contributed by atoms with E-state index in [2.05, 4.69) is 16.9 Å². The van der Waals surface area contributed by atoms with E-state index in [1.807, 2.05) is 11.6 Å². The summed E-state index contributed by atoms with van der Waals surface area (Å²) in [6, 6.07) is 6.42. The third-order valence-corrected chi connectivity index (χ3v) is 4.76. The predicted octanol–water partition coefficient (Wildman–Crippen LogP) is 2.83. The quantitative estimate of drug-likeness (QED) is 0.943. The van der Waals surface area contributed by atoms with E-state index >= 15 is 0 Å². The molecule has 1 N–H and O–H groups in total. The SMILES string of the molecule is Cc1nn(-c2ccc(F)cc2)c(C)c1CN1CCCC(CO)C1. The normalized spacial score (nSPS) is 19.2. The Balaban J connectivity index is 1.82. The number of aliphatic hydroxyl groups excluding tert-OH is 1. The molecule has 1 saturated heterocycles. The number of aryl methyl sites for hydroxylation is 1. The second-order valence-electron chi connectivity index (χ2n) is 6.46. The van der Waals surface area contributed by atoms with Crippen LogP contribution in [-0.4, -0.2) is 39.5 Å². The molecule has 5 heteroatoms. The summed E-state index contributed by atoms with van der Waals surface area (Å²) in [7, 11) is 0. The van der Waals surface area contributed by atoms with Crippen molar-refractivity contribution in [2.75, 3.05) is 19.7 Å². The average molecular weight is 317 g/mol. The van der Waals surface area contributed by atoms with Crippen molar-refractivity contribution in [3.05, 3.63) is 47.0 Å². The highest BCUT2D eigenvalue weighted by atomic mass is 19.1. The number of aliphatic hydroxyl groups is 1. The first kappa shape index (κ1) is 16.1. The average Bonchev–Trinajstić information content (AvgIpc) is 2.84. The van der Waals surface area contributed by atoms with E-state index in [0.717, 1.165) is 49.6 Å². The van der Waals surface area contributed by atoms with Crippen molar-refractivity contribution in [3.8, 4) is 5.69 Å². The van der Waals surface area contributed by atoms with Crippen LogP contribution in [0.4, 0.5) is 4.39 Å². The maximum Gasteiger partial charge on any atom is 0.123 e. The molecule has 2 heterocycles. The van der Waals surface area contributed by atoms with Crippen molar-refractivity contribution >= 4 is 0 Å². The minimum atomic E-state index is -0.237. The maximum atomic E-state index is 13.1. The van der Waals surface area contributed by atoms with Crippen LogP contribution in [0.3, 0.4) is 0 Å². The van der Waals surface area contributed by atoms with Gasteiger partial charge in [0.2, 0.25) is 0 Å². The van der Waals surface area contributed by atoms with Crippen LogP contribution in [0.15, 0.2) is 24.3 Å². The molecule has 23 heavy (non-hydrogen) atoms. The molecule has 1 unspecified atom stereocenters. The largest absolute Gasteiger partial charge is 0.396 e. The highest BCUT2D eigenvalue weighted by Crippen LogP contribution is 2.23. The fourth-order valence-electron chi connectivity index (χ4n) is 3.41. The van der Waals surface area contributed by atoms with E-state index in [4.69, 9.17) is 0 Å². The van der Waals surface area contributed by atoms with Crippen molar-refractivity contribution in [1.29, 1.82) is 0 Å². The molecular formula is C18H24FN3O. The number of hydrogen-bond donors (Lipinski definition) is 1. The Bertz CT molecular complexity index is 666. The zero-order valence-electron chi connectivity index (χ0n) is 13.8. The molecule has 1 aromatic heterocycles. The minimum absolute atomic E-state index is 0.237. The van der Waals surface area contributed by atoms with Crippen molar-refractivity contribution in [2.45, 2.75) is 33.2 Å². The smallest absolute Gasteiger partial charge is 0.123 e. The van der Waals surface area contributed by atoms with Gasteiger partial charge in [-0.15, -0.1) is 0 Å². The Kier molecular flexibility index (Phi) is 4.78. The Morgan fingerprint density at radius 2 is 2.00 bits per heavy atom. The predicted molar refractivity (Wildman–Crippen MR) is 88.1 cm³/mol. The lowest BCUT2D eigenvalue weighted by Gasteiger charge is -2.31. The van der Waals surface area contributed by atoms with Gasteiger partial charge in [-0.05, 0) is 63.4 Å². The van der Waals surface area contributed by atoms with E-state index < -0.39 is 0 Å². The summed E-state index contributed by atoms with van der Waals surface area (Å²) >= 11 is 0. The molecule has 2 aromatic rings. The molecule has 1 atom stereocenters. The number of rotatable bonds is 4. The fraction of sp³-hybridized carbons (Fsp3) is 0.500. The van der Waals surface area contributed by atoms with E-state index in [1.165, 1.54) is 17.7 Å². The number of aromatic nitrogens is 2. The standard InChI is InChI=1S/C18H24FN3O/c1-13-18(11-21-9-3-4-15(10-21)12-23)14(2)22(20-13)17-7-5-16(19)6-8-17/h5-8,15,23H,3-4,9-12H2,1-2H3. The van der Waals surface area contributed by atoms with Gasteiger partial charge in [-0.3, -0.25) is 4.90 Å². The number of nitrogens with zero attached hydrogens (tertiary/aromatic N) is 3. The Labute approximate surface area is 136 Å². The first-order valence-corrected chi connectivity index (χ1v) is 8.22. The summed E-state index contributed by atoms with van der Waals surface area (Å²) in [6.07, 6.45) is 2.25. The van der Waals surface area contributed by atoms with Crippen molar-refractivity contribution in [2.24, 2.45) is 5.92 Å². The molecule has 0 radical (unpaired) electrons. The first-order chi connectivity index (χ1) is 11.1. The van der Waals surface area contributed by atoms with Crippen LogP contribution in [0, 0.1) is 25.6 Å². The Hall–Kier alpha value is -1.72. The minimum Gasteiger partial charge on any atom is -0.396 e. The van der Waals surface area contributed by atoms with Gasteiger partial charge in [-0.25, -0.2) is 9.07 Å². The third-order valence-electron chi connectivity index (χ3n) is 4.76. The van der Waals surface area contributed by atoms with Crippen LogP contribution in [0.1, 0.15) is 29.8 Å². The summed E-state index contributed by atoms with van der Waals surface area (Å²) in [5.41, 5.74) is 4.22. The summed E-state index contributed by atoms with van der Waals surface area (Å²) in [5, 5.41) is 14.0. The number of piperidine rings is 1. The zero-order chi connectivity index (χ0) is 16.4. The van der Waals surface area contributed by atoms with E-state index in [9.17, 15) is 9.50 Å². The van der Waals surface area contributed by atoms with Gasteiger partial charge in [0.1, 0.15) is 5.82 Å².